The van der Waals surface area contributed by atoms with E-state index in [1.165, 1.54) is 25.1 Å². The number of benzene rings is 1. The average Bonchev–Trinajstić information content (AvgIpc) is 2.51. The Balaban J connectivity index is 1.61. The van der Waals surface area contributed by atoms with Gasteiger partial charge in [-0.25, -0.2) is 0 Å². The molecule has 3 heteroatoms. The smallest absolute Gasteiger partial charge is 0.220 e. The van der Waals surface area contributed by atoms with Crippen LogP contribution in [0.5, 0.6) is 0 Å². The zero-order valence-corrected chi connectivity index (χ0v) is 14.9. The van der Waals surface area contributed by atoms with Crippen molar-refractivity contribution in [2.75, 3.05) is 26.2 Å². The molecule has 1 aliphatic heterocycles. The van der Waals surface area contributed by atoms with E-state index in [-0.39, 0.29) is 11.8 Å². The van der Waals surface area contributed by atoms with E-state index < -0.39 is 0 Å². The molecule has 23 heavy (non-hydrogen) atoms. The number of hydrogen-bond acceptors (Lipinski definition) is 2. The van der Waals surface area contributed by atoms with Gasteiger partial charge in [0.15, 0.2) is 0 Å². The Labute approximate surface area is 141 Å². The minimum Gasteiger partial charge on any atom is -0.356 e. The van der Waals surface area contributed by atoms with Crippen molar-refractivity contribution in [1.29, 1.82) is 0 Å². The molecule has 1 saturated heterocycles. The fourth-order valence-electron chi connectivity index (χ4n) is 3.75. The molecule has 1 amide bonds. The van der Waals surface area contributed by atoms with Gasteiger partial charge in [-0.05, 0) is 42.7 Å². The van der Waals surface area contributed by atoms with Gasteiger partial charge in [-0.2, -0.15) is 0 Å². The highest BCUT2D eigenvalue weighted by Gasteiger charge is 2.21. The summed E-state index contributed by atoms with van der Waals surface area (Å²) in [7, 11) is 0. The average molecular weight is 316 g/mol. The van der Waals surface area contributed by atoms with Gasteiger partial charge < -0.3 is 10.2 Å². The topological polar surface area (TPSA) is 32.3 Å². The maximum absolute atomic E-state index is 12.1. The molecular weight excluding hydrogens is 284 g/mol. The summed E-state index contributed by atoms with van der Waals surface area (Å²) in [6.45, 7) is 11.1. The molecule has 1 aliphatic rings. The number of hydrogen-bond donors (Lipinski definition) is 1. The van der Waals surface area contributed by atoms with Crippen molar-refractivity contribution >= 4 is 5.91 Å². The van der Waals surface area contributed by atoms with Crippen LogP contribution in [0.4, 0.5) is 0 Å². The molecule has 3 atom stereocenters. The van der Waals surface area contributed by atoms with Gasteiger partial charge in [-0.15, -0.1) is 0 Å². The fraction of sp³-hybridized carbons (Fsp3) is 0.650. The number of carbonyl (C=O) groups is 1. The first-order chi connectivity index (χ1) is 11.0. The molecule has 0 saturated carbocycles. The second kappa shape index (κ2) is 9.07. The number of likely N-dealkylation sites (tertiary alicyclic amines) is 1. The van der Waals surface area contributed by atoms with Gasteiger partial charge in [-0.3, -0.25) is 4.79 Å². The van der Waals surface area contributed by atoms with Gasteiger partial charge in [0.25, 0.3) is 0 Å². The van der Waals surface area contributed by atoms with Crippen LogP contribution in [-0.4, -0.2) is 37.0 Å². The molecular formula is C20H32N2O. The highest BCUT2D eigenvalue weighted by atomic mass is 16.1. The van der Waals surface area contributed by atoms with Crippen molar-refractivity contribution < 1.29 is 4.79 Å². The second-order valence-electron chi connectivity index (χ2n) is 7.42. The molecule has 1 aromatic rings. The molecule has 0 bridgehead atoms. The number of piperidine rings is 1. The largest absolute Gasteiger partial charge is 0.356 e. The Hall–Kier alpha value is -1.35. The first-order valence-corrected chi connectivity index (χ1v) is 9.08. The molecule has 0 unspecified atom stereocenters. The molecule has 0 radical (unpaired) electrons. The quantitative estimate of drug-likeness (QED) is 0.779. The fourth-order valence-corrected chi connectivity index (χ4v) is 3.75. The molecule has 0 aromatic heterocycles. The summed E-state index contributed by atoms with van der Waals surface area (Å²) in [5, 5.41) is 3.08. The maximum Gasteiger partial charge on any atom is 0.220 e. The lowest BCUT2D eigenvalue weighted by Crippen LogP contribution is -2.40. The molecule has 2 rings (SSSR count). The van der Waals surface area contributed by atoms with Crippen molar-refractivity contribution in [3.63, 3.8) is 0 Å². The van der Waals surface area contributed by atoms with Crippen LogP contribution in [0.3, 0.4) is 0 Å². The lowest BCUT2D eigenvalue weighted by atomic mass is 9.92. The Morgan fingerprint density at radius 1 is 1.22 bits per heavy atom. The first kappa shape index (κ1) is 18.0. The molecule has 0 spiro atoms. The predicted molar refractivity (Wildman–Crippen MR) is 96.5 cm³/mol. The summed E-state index contributed by atoms with van der Waals surface area (Å²) in [6.07, 6.45) is 2.97. The van der Waals surface area contributed by atoms with E-state index in [0.29, 0.717) is 6.42 Å². The van der Waals surface area contributed by atoms with E-state index in [4.69, 9.17) is 0 Å². The highest BCUT2D eigenvalue weighted by Crippen LogP contribution is 2.21. The summed E-state index contributed by atoms with van der Waals surface area (Å²) >= 11 is 0. The van der Waals surface area contributed by atoms with Crippen molar-refractivity contribution in [2.24, 2.45) is 11.8 Å². The lowest BCUT2D eigenvalue weighted by Gasteiger charge is -2.34. The minimum atomic E-state index is 0.168. The molecule has 128 valence electrons. The van der Waals surface area contributed by atoms with Crippen LogP contribution in [-0.2, 0) is 4.79 Å². The molecule has 1 heterocycles. The Bertz CT molecular complexity index is 464. The third-order valence-corrected chi connectivity index (χ3v) is 4.78. The number of rotatable bonds is 7. The molecule has 1 fully saturated rings. The minimum absolute atomic E-state index is 0.168. The standard InChI is InChI=1S/C20H32N2O/c1-16-12-17(2)15-22(14-16)11-7-10-21-20(23)13-18(3)19-8-5-4-6-9-19/h4-6,8-9,16-18H,7,10-15H2,1-3H3,(H,21,23)/t16-,17-,18-/m1/s1. The predicted octanol–water partition coefficient (Wildman–Crippen LogP) is 3.66. The number of amides is 1. The van der Waals surface area contributed by atoms with E-state index in [1.54, 1.807) is 0 Å². The van der Waals surface area contributed by atoms with Crippen LogP contribution in [0.25, 0.3) is 0 Å². The van der Waals surface area contributed by atoms with Gasteiger partial charge in [0, 0.05) is 26.1 Å². The van der Waals surface area contributed by atoms with Gasteiger partial charge in [0.1, 0.15) is 0 Å². The maximum atomic E-state index is 12.1. The van der Waals surface area contributed by atoms with E-state index in [2.05, 4.69) is 43.1 Å². The van der Waals surface area contributed by atoms with Crippen LogP contribution in [0.1, 0.15) is 51.5 Å². The van der Waals surface area contributed by atoms with E-state index in [0.717, 1.165) is 31.3 Å². The number of nitrogens with one attached hydrogen (secondary N) is 1. The molecule has 0 aliphatic carbocycles. The van der Waals surface area contributed by atoms with Gasteiger partial charge in [-0.1, -0.05) is 51.1 Å². The first-order valence-electron chi connectivity index (χ1n) is 9.08. The van der Waals surface area contributed by atoms with E-state index in [1.807, 2.05) is 18.2 Å². The Kier molecular flexibility index (Phi) is 7.10. The van der Waals surface area contributed by atoms with Gasteiger partial charge >= 0.3 is 0 Å². The molecule has 3 nitrogen and oxygen atoms in total. The summed E-state index contributed by atoms with van der Waals surface area (Å²) in [6, 6.07) is 10.3. The zero-order chi connectivity index (χ0) is 16.7. The number of carbonyl (C=O) groups excluding carboxylic acids is 1. The van der Waals surface area contributed by atoms with Gasteiger partial charge in [0.05, 0.1) is 0 Å². The van der Waals surface area contributed by atoms with Gasteiger partial charge in [0.2, 0.25) is 5.91 Å². The molecule has 1 aromatic carbocycles. The van der Waals surface area contributed by atoms with Crippen LogP contribution < -0.4 is 5.32 Å². The third kappa shape index (κ3) is 6.34. The molecule has 1 N–H and O–H groups in total. The van der Waals surface area contributed by atoms with E-state index in [9.17, 15) is 4.79 Å². The van der Waals surface area contributed by atoms with Crippen LogP contribution in [0.15, 0.2) is 30.3 Å². The van der Waals surface area contributed by atoms with Crippen molar-refractivity contribution in [2.45, 2.75) is 46.0 Å². The van der Waals surface area contributed by atoms with Crippen molar-refractivity contribution in [3.8, 4) is 0 Å². The summed E-state index contributed by atoms with van der Waals surface area (Å²) in [5.74, 6) is 2.06. The third-order valence-electron chi connectivity index (χ3n) is 4.78. The highest BCUT2D eigenvalue weighted by molar-refractivity contribution is 5.76. The van der Waals surface area contributed by atoms with Crippen LogP contribution >= 0.6 is 0 Å². The van der Waals surface area contributed by atoms with E-state index >= 15 is 0 Å². The normalized spacial score (nSPS) is 23.4. The Morgan fingerprint density at radius 2 is 1.87 bits per heavy atom. The van der Waals surface area contributed by atoms with Crippen molar-refractivity contribution in [1.82, 2.24) is 10.2 Å². The summed E-state index contributed by atoms with van der Waals surface area (Å²) in [5.41, 5.74) is 1.24. The monoisotopic (exact) mass is 316 g/mol. The summed E-state index contributed by atoms with van der Waals surface area (Å²) in [4.78, 5) is 14.6. The summed E-state index contributed by atoms with van der Waals surface area (Å²) < 4.78 is 0. The van der Waals surface area contributed by atoms with Crippen molar-refractivity contribution in [3.05, 3.63) is 35.9 Å². The lowest BCUT2D eigenvalue weighted by molar-refractivity contribution is -0.121. The van der Waals surface area contributed by atoms with Crippen LogP contribution in [0.2, 0.25) is 0 Å². The number of nitrogens with zero attached hydrogens (tertiary/aromatic N) is 1. The Morgan fingerprint density at radius 3 is 2.52 bits per heavy atom. The zero-order valence-electron chi connectivity index (χ0n) is 14.9. The SMILES string of the molecule is C[C@@H]1C[C@@H](C)CN(CCCNC(=O)C[C@@H](C)c2ccccc2)C1. The van der Waals surface area contributed by atoms with Crippen LogP contribution in [0, 0.1) is 11.8 Å². The second-order valence-corrected chi connectivity index (χ2v) is 7.42.